The summed E-state index contributed by atoms with van der Waals surface area (Å²) in [4.78, 5) is 0. The quantitative estimate of drug-likeness (QED) is 0.620. The smallest absolute Gasteiger partial charge is 0.151 e. The average molecular weight is 294 g/mol. The van der Waals surface area contributed by atoms with Crippen LogP contribution in [0.4, 0.5) is 0 Å². The van der Waals surface area contributed by atoms with Crippen LogP contribution in [-0.2, 0) is 4.74 Å². The number of aliphatic hydroxyl groups is 2. The zero-order chi connectivity index (χ0) is 14.4. The number of benzene rings is 1. The lowest BCUT2D eigenvalue weighted by Crippen LogP contribution is -2.55. The fourth-order valence-corrected chi connectivity index (χ4v) is 6.31. The van der Waals surface area contributed by atoms with Crippen LogP contribution >= 0.6 is 0 Å². The highest BCUT2D eigenvalue weighted by Gasteiger charge is 2.39. The second-order valence-electron chi connectivity index (χ2n) is 5.88. The van der Waals surface area contributed by atoms with E-state index in [1.54, 1.807) is 0 Å². The molecule has 0 aliphatic carbocycles. The Morgan fingerprint density at radius 3 is 2.60 bits per heavy atom. The van der Waals surface area contributed by atoms with E-state index in [-0.39, 0.29) is 5.22 Å². The van der Waals surface area contributed by atoms with E-state index in [0.29, 0.717) is 6.42 Å². The molecule has 0 aromatic heterocycles. The van der Waals surface area contributed by atoms with Gasteiger partial charge in [-0.1, -0.05) is 42.1 Å². The molecule has 2 N–H and O–H groups in total. The first-order valence-corrected chi connectivity index (χ1v) is 10.00. The van der Waals surface area contributed by atoms with Crippen molar-refractivity contribution >= 4 is 14.0 Å². The van der Waals surface area contributed by atoms with Crippen LogP contribution in [-0.4, -0.2) is 37.1 Å². The molecule has 2 unspecified atom stereocenters. The molecule has 1 aromatic carbocycles. The first-order valence-electron chi connectivity index (χ1n) is 7.69. The van der Waals surface area contributed by atoms with Crippen molar-refractivity contribution in [2.24, 2.45) is 0 Å². The molecule has 0 spiro atoms. The van der Waals surface area contributed by atoms with Crippen molar-refractivity contribution in [3.8, 4) is 0 Å². The molecule has 3 nitrogen and oxygen atoms in total. The van der Waals surface area contributed by atoms with E-state index in [9.17, 15) is 0 Å². The lowest BCUT2D eigenvalue weighted by atomic mass is 10.0. The van der Waals surface area contributed by atoms with Crippen LogP contribution in [0, 0.1) is 0 Å². The molecule has 2 rings (SSSR count). The minimum atomic E-state index is -1.23. The number of hydrogen-bond acceptors (Lipinski definition) is 3. The molecular formula is C16H26O3Si. The minimum absolute atomic E-state index is 0.00546. The van der Waals surface area contributed by atoms with Crippen LogP contribution in [0.3, 0.4) is 0 Å². The summed E-state index contributed by atoms with van der Waals surface area (Å²) in [6.45, 7) is 3.22. The van der Waals surface area contributed by atoms with Gasteiger partial charge in [0.2, 0.25) is 0 Å². The second kappa shape index (κ2) is 7.36. The Morgan fingerprint density at radius 1 is 1.25 bits per heavy atom. The first-order chi connectivity index (χ1) is 9.64. The Balaban J connectivity index is 2.09. The lowest BCUT2D eigenvalue weighted by molar-refractivity contribution is -0.0581. The molecule has 20 heavy (non-hydrogen) atoms. The Kier molecular flexibility index (Phi) is 5.78. The number of rotatable bonds is 6. The summed E-state index contributed by atoms with van der Waals surface area (Å²) >= 11 is 0. The molecule has 1 heterocycles. The van der Waals surface area contributed by atoms with Crippen LogP contribution < -0.4 is 5.19 Å². The summed E-state index contributed by atoms with van der Waals surface area (Å²) in [6, 6.07) is 10.7. The maximum Gasteiger partial charge on any atom is 0.151 e. The van der Waals surface area contributed by atoms with E-state index in [0.717, 1.165) is 32.3 Å². The van der Waals surface area contributed by atoms with Crippen molar-refractivity contribution < 1.29 is 14.9 Å². The molecule has 1 aliphatic heterocycles. The van der Waals surface area contributed by atoms with E-state index in [1.807, 2.05) is 0 Å². The average Bonchev–Trinajstić information content (AvgIpc) is 2.48. The molecule has 0 saturated carbocycles. The molecule has 0 bridgehead atoms. The van der Waals surface area contributed by atoms with Gasteiger partial charge in [0.1, 0.15) is 8.80 Å². The fraction of sp³-hybridized carbons (Fsp3) is 0.625. The largest absolute Gasteiger partial charge is 0.378 e. The Morgan fingerprint density at radius 2 is 2.00 bits per heavy atom. The van der Waals surface area contributed by atoms with Gasteiger partial charge in [0.15, 0.2) is 6.29 Å². The molecule has 1 aromatic rings. The predicted molar refractivity (Wildman–Crippen MR) is 83.7 cm³/mol. The van der Waals surface area contributed by atoms with Gasteiger partial charge in [-0.05, 0) is 38.5 Å². The van der Waals surface area contributed by atoms with Gasteiger partial charge in [0.05, 0.1) is 5.22 Å². The van der Waals surface area contributed by atoms with Gasteiger partial charge in [-0.15, -0.1) is 0 Å². The Hall–Kier alpha value is -0.683. The summed E-state index contributed by atoms with van der Waals surface area (Å²) in [6.07, 6.45) is 4.53. The molecule has 1 saturated heterocycles. The Labute approximate surface area is 123 Å². The minimum Gasteiger partial charge on any atom is -0.378 e. The third-order valence-corrected chi connectivity index (χ3v) is 8.24. The summed E-state index contributed by atoms with van der Waals surface area (Å²) in [5.74, 6) is 0. The monoisotopic (exact) mass is 294 g/mol. The first kappa shape index (κ1) is 15.7. The second-order valence-corrected chi connectivity index (χ2v) is 9.04. The van der Waals surface area contributed by atoms with Crippen molar-refractivity contribution in [1.29, 1.82) is 0 Å². The SMILES string of the molecule is C[SiH](c1ccccc1)C1(CCCC(O)O)CCCCO1. The molecule has 112 valence electrons. The molecular weight excluding hydrogens is 268 g/mol. The van der Waals surface area contributed by atoms with Gasteiger partial charge in [-0.2, -0.15) is 0 Å². The summed E-state index contributed by atoms with van der Waals surface area (Å²) in [5, 5.41) is 19.5. The van der Waals surface area contributed by atoms with Crippen molar-refractivity contribution in [2.75, 3.05) is 6.61 Å². The van der Waals surface area contributed by atoms with Crippen LogP contribution in [0.1, 0.15) is 38.5 Å². The van der Waals surface area contributed by atoms with Gasteiger partial charge in [-0.25, -0.2) is 0 Å². The summed E-state index contributed by atoms with van der Waals surface area (Å²) in [7, 11) is -1.23. The van der Waals surface area contributed by atoms with Crippen LogP contribution in [0.15, 0.2) is 30.3 Å². The molecule has 0 amide bonds. The van der Waals surface area contributed by atoms with Crippen LogP contribution in [0.25, 0.3) is 0 Å². The molecule has 0 radical (unpaired) electrons. The number of ether oxygens (including phenoxy) is 1. The zero-order valence-electron chi connectivity index (χ0n) is 12.3. The van der Waals surface area contributed by atoms with E-state index in [2.05, 4.69) is 36.9 Å². The van der Waals surface area contributed by atoms with Gasteiger partial charge in [0.25, 0.3) is 0 Å². The molecule has 1 aliphatic rings. The number of hydrogen-bond donors (Lipinski definition) is 2. The number of aliphatic hydroxyl groups excluding tert-OH is 1. The van der Waals surface area contributed by atoms with Crippen molar-refractivity contribution in [2.45, 2.75) is 56.6 Å². The molecule has 2 atom stereocenters. The van der Waals surface area contributed by atoms with Crippen molar-refractivity contribution in [3.63, 3.8) is 0 Å². The van der Waals surface area contributed by atoms with E-state index >= 15 is 0 Å². The highest BCUT2D eigenvalue weighted by atomic mass is 28.3. The maximum atomic E-state index is 9.05. The van der Waals surface area contributed by atoms with E-state index < -0.39 is 15.1 Å². The predicted octanol–water partition coefficient (Wildman–Crippen LogP) is 1.71. The highest BCUT2D eigenvalue weighted by molar-refractivity contribution is 6.74. The molecule has 4 heteroatoms. The van der Waals surface area contributed by atoms with Crippen LogP contribution in [0.5, 0.6) is 0 Å². The lowest BCUT2D eigenvalue weighted by Gasteiger charge is -2.42. The van der Waals surface area contributed by atoms with Crippen LogP contribution in [0.2, 0.25) is 6.55 Å². The van der Waals surface area contributed by atoms with Gasteiger partial charge in [0, 0.05) is 6.61 Å². The van der Waals surface area contributed by atoms with Crippen molar-refractivity contribution in [3.05, 3.63) is 30.3 Å². The third kappa shape index (κ3) is 3.91. The van der Waals surface area contributed by atoms with Gasteiger partial charge >= 0.3 is 0 Å². The molecule has 1 fully saturated rings. The summed E-state index contributed by atoms with van der Waals surface area (Å²) < 4.78 is 6.26. The van der Waals surface area contributed by atoms with Crippen molar-refractivity contribution in [1.82, 2.24) is 0 Å². The van der Waals surface area contributed by atoms with Gasteiger partial charge < -0.3 is 14.9 Å². The summed E-state index contributed by atoms with van der Waals surface area (Å²) in [5.41, 5.74) is 0. The fourth-order valence-electron chi connectivity index (χ4n) is 3.26. The van der Waals surface area contributed by atoms with E-state index in [1.165, 1.54) is 11.6 Å². The highest BCUT2D eigenvalue weighted by Crippen LogP contribution is 2.32. The normalized spacial score (nSPS) is 24.8. The topological polar surface area (TPSA) is 49.7 Å². The third-order valence-electron chi connectivity index (χ3n) is 4.53. The van der Waals surface area contributed by atoms with E-state index in [4.69, 9.17) is 14.9 Å². The zero-order valence-corrected chi connectivity index (χ0v) is 13.4. The van der Waals surface area contributed by atoms with Gasteiger partial charge in [-0.3, -0.25) is 0 Å². The maximum absolute atomic E-state index is 9.05. The Bertz CT molecular complexity index is 388. The standard InChI is InChI=1S/C16H26O3Si/c1-20(14-8-3-2-4-9-14)16(11-5-6-13-19-16)12-7-10-15(17)18/h2-4,8-9,15,17-18,20H,5-7,10-13H2,1H3.